The van der Waals surface area contributed by atoms with Gasteiger partial charge in [-0.3, -0.25) is 4.98 Å². The number of pyridine rings is 1. The topological polar surface area (TPSA) is 24.9 Å². The molecular formula is C18H17ClN2. The first-order chi connectivity index (χ1) is 10.2. The highest BCUT2D eigenvalue weighted by molar-refractivity contribution is 6.31. The van der Waals surface area contributed by atoms with Gasteiger partial charge in [0, 0.05) is 16.6 Å². The summed E-state index contributed by atoms with van der Waals surface area (Å²) < 4.78 is 0. The third-order valence-corrected chi connectivity index (χ3v) is 4.05. The smallest absolute Gasteiger partial charge is 0.0705 e. The van der Waals surface area contributed by atoms with E-state index in [4.69, 9.17) is 11.6 Å². The minimum Gasteiger partial charge on any atom is -0.309 e. The van der Waals surface area contributed by atoms with Gasteiger partial charge in [0.25, 0.3) is 0 Å². The molecule has 0 amide bonds. The van der Waals surface area contributed by atoms with Crippen molar-refractivity contribution in [1.82, 2.24) is 10.3 Å². The van der Waals surface area contributed by atoms with Crippen molar-refractivity contribution in [3.8, 4) is 0 Å². The highest BCUT2D eigenvalue weighted by Crippen LogP contribution is 2.30. The second kappa shape index (κ2) is 5.84. The number of aryl methyl sites for hydroxylation is 1. The Bertz CT molecular complexity index is 783. The summed E-state index contributed by atoms with van der Waals surface area (Å²) in [5.41, 5.74) is 4.41. The molecular weight excluding hydrogens is 280 g/mol. The van der Waals surface area contributed by atoms with E-state index in [9.17, 15) is 0 Å². The van der Waals surface area contributed by atoms with Gasteiger partial charge in [-0.05, 0) is 48.9 Å². The molecule has 0 bridgehead atoms. The zero-order valence-corrected chi connectivity index (χ0v) is 12.9. The molecule has 3 heteroatoms. The van der Waals surface area contributed by atoms with E-state index < -0.39 is 0 Å². The Labute approximate surface area is 129 Å². The minimum atomic E-state index is 0.0597. The van der Waals surface area contributed by atoms with Crippen LogP contribution in [0.1, 0.15) is 22.7 Å². The number of nitrogens with one attached hydrogen (secondary N) is 1. The third kappa shape index (κ3) is 2.78. The maximum atomic E-state index is 6.42. The quantitative estimate of drug-likeness (QED) is 0.769. The summed E-state index contributed by atoms with van der Waals surface area (Å²) in [6, 6.07) is 16.6. The lowest BCUT2D eigenvalue weighted by atomic mass is 9.97. The number of nitrogens with zero attached hydrogens (tertiary/aromatic N) is 1. The second-order valence-electron chi connectivity index (χ2n) is 5.20. The molecule has 2 aromatic carbocycles. The Hall–Kier alpha value is -1.90. The van der Waals surface area contributed by atoms with Crippen molar-refractivity contribution < 1.29 is 0 Å². The van der Waals surface area contributed by atoms with Gasteiger partial charge < -0.3 is 5.32 Å². The zero-order valence-electron chi connectivity index (χ0n) is 12.1. The third-order valence-electron chi connectivity index (χ3n) is 3.72. The van der Waals surface area contributed by atoms with Crippen molar-refractivity contribution in [2.45, 2.75) is 13.0 Å². The van der Waals surface area contributed by atoms with E-state index in [0.29, 0.717) is 0 Å². The van der Waals surface area contributed by atoms with Crippen LogP contribution in [0.15, 0.2) is 54.7 Å². The van der Waals surface area contributed by atoms with Crippen molar-refractivity contribution in [2.24, 2.45) is 0 Å². The van der Waals surface area contributed by atoms with Crippen molar-refractivity contribution in [3.05, 3.63) is 76.4 Å². The molecule has 21 heavy (non-hydrogen) atoms. The van der Waals surface area contributed by atoms with Crippen LogP contribution in [-0.2, 0) is 0 Å². The van der Waals surface area contributed by atoms with Gasteiger partial charge in [-0.2, -0.15) is 0 Å². The highest BCUT2D eigenvalue weighted by atomic mass is 35.5. The standard InChI is InChI=1S/C18H17ClN2/c1-12-5-8-15(16(19)10-12)18(20-2)14-7-6-13-4-3-9-21-17(13)11-14/h3-11,18,20H,1-2H3. The minimum absolute atomic E-state index is 0.0597. The van der Waals surface area contributed by atoms with Crippen LogP contribution in [0, 0.1) is 6.92 Å². The number of aromatic nitrogens is 1. The summed E-state index contributed by atoms with van der Waals surface area (Å²) in [4.78, 5) is 4.43. The van der Waals surface area contributed by atoms with E-state index in [0.717, 1.165) is 27.1 Å². The van der Waals surface area contributed by atoms with Gasteiger partial charge in [0.05, 0.1) is 11.6 Å². The Kier molecular flexibility index (Phi) is 3.91. The van der Waals surface area contributed by atoms with Crippen LogP contribution in [0.3, 0.4) is 0 Å². The van der Waals surface area contributed by atoms with Crippen molar-refractivity contribution in [3.63, 3.8) is 0 Å². The lowest BCUT2D eigenvalue weighted by molar-refractivity contribution is 0.692. The molecule has 2 nitrogen and oxygen atoms in total. The van der Waals surface area contributed by atoms with E-state index in [2.05, 4.69) is 46.7 Å². The summed E-state index contributed by atoms with van der Waals surface area (Å²) in [5, 5.41) is 5.28. The van der Waals surface area contributed by atoms with Gasteiger partial charge in [0.15, 0.2) is 0 Å². The summed E-state index contributed by atoms with van der Waals surface area (Å²) in [7, 11) is 1.95. The molecule has 1 unspecified atom stereocenters. The number of rotatable bonds is 3. The first-order valence-corrected chi connectivity index (χ1v) is 7.35. The lowest BCUT2D eigenvalue weighted by Gasteiger charge is -2.19. The molecule has 3 aromatic rings. The van der Waals surface area contributed by atoms with Crippen molar-refractivity contribution >= 4 is 22.5 Å². The van der Waals surface area contributed by atoms with E-state index in [1.54, 1.807) is 0 Å². The van der Waals surface area contributed by atoms with E-state index >= 15 is 0 Å². The van der Waals surface area contributed by atoms with E-state index in [1.807, 2.05) is 32.3 Å². The fourth-order valence-electron chi connectivity index (χ4n) is 2.63. The van der Waals surface area contributed by atoms with E-state index in [-0.39, 0.29) is 6.04 Å². The van der Waals surface area contributed by atoms with Crippen molar-refractivity contribution in [1.29, 1.82) is 0 Å². The SMILES string of the molecule is CNC(c1ccc2cccnc2c1)c1ccc(C)cc1Cl. The Morgan fingerprint density at radius 1 is 1.10 bits per heavy atom. The number of fused-ring (bicyclic) bond motifs is 1. The molecule has 0 radical (unpaired) electrons. The van der Waals surface area contributed by atoms with Crippen LogP contribution >= 0.6 is 11.6 Å². The van der Waals surface area contributed by atoms with E-state index in [1.165, 1.54) is 5.56 Å². The number of hydrogen-bond donors (Lipinski definition) is 1. The van der Waals surface area contributed by atoms with Crippen LogP contribution in [0.2, 0.25) is 5.02 Å². The first-order valence-electron chi connectivity index (χ1n) is 6.97. The average Bonchev–Trinajstić information content (AvgIpc) is 2.50. The maximum Gasteiger partial charge on any atom is 0.0705 e. The summed E-state index contributed by atoms with van der Waals surface area (Å²) >= 11 is 6.42. The van der Waals surface area contributed by atoms with Gasteiger partial charge in [0.2, 0.25) is 0 Å². The fraction of sp³-hybridized carbons (Fsp3) is 0.167. The summed E-state index contributed by atoms with van der Waals surface area (Å²) in [5.74, 6) is 0. The van der Waals surface area contributed by atoms with Crippen molar-refractivity contribution in [2.75, 3.05) is 7.05 Å². The number of halogens is 1. The molecule has 0 aliphatic heterocycles. The van der Waals surface area contributed by atoms with Crippen LogP contribution in [0.5, 0.6) is 0 Å². The molecule has 1 N–H and O–H groups in total. The molecule has 0 aliphatic rings. The monoisotopic (exact) mass is 296 g/mol. The molecule has 1 atom stereocenters. The number of hydrogen-bond acceptors (Lipinski definition) is 2. The zero-order chi connectivity index (χ0) is 14.8. The molecule has 0 fully saturated rings. The maximum absolute atomic E-state index is 6.42. The molecule has 106 valence electrons. The highest BCUT2D eigenvalue weighted by Gasteiger charge is 2.15. The second-order valence-corrected chi connectivity index (χ2v) is 5.61. The average molecular weight is 297 g/mol. The predicted octanol–water partition coefficient (Wildman–Crippen LogP) is 4.51. The Balaban J connectivity index is 2.09. The molecule has 1 heterocycles. The molecule has 0 saturated carbocycles. The molecule has 0 saturated heterocycles. The summed E-state index contributed by atoms with van der Waals surface area (Å²) in [6.07, 6.45) is 1.82. The van der Waals surface area contributed by atoms with Gasteiger partial charge in [-0.25, -0.2) is 0 Å². The van der Waals surface area contributed by atoms with Crippen LogP contribution in [0.4, 0.5) is 0 Å². The van der Waals surface area contributed by atoms with Crippen LogP contribution in [-0.4, -0.2) is 12.0 Å². The van der Waals surface area contributed by atoms with Gasteiger partial charge >= 0.3 is 0 Å². The molecule has 3 rings (SSSR count). The Morgan fingerprint density at radius 3 is 2.71 bits per heavy atom. The molecule has 1 aromatic heterocycles. The van der Waals surface area contributed by atoms with Crippen LogP contribution < -0.4 is 5.32 Å². The van der Waals surface area contributed by atoms with Gasteiger partial charge in [-0.1, -0.05) is 41.9 Å². The van der Waals surface area contributed by atoms with Gasteiger partial charge in [-0.15, -0.1) is 0 Å². The Morgan fingerprint density at radius 2 is 1.95 bits per heavy atom. The normalized spacial score (nSPS) is 12.5. The van der Waals surface area contributed by atoms with Gasteiger partial charge in [0.1, 0.15) is 0 Å². The van der Waals surface area contributed by atoms with Crippen LogP contribution in [0.25, 0.3) is 10.9 Å². The lowest BCUT2D eigenvalue weighted by Crippen LogP contribution is -2.18. The fourth-order valence-corrected chi connectivity index (χ4v) is 2.98. The first kappa shape index (κ1) is 14.1. The molecule has 0 aliphatic carbocycles. The predicted molar refractivity (Wildman–Crippen MR) is 88.8 cm³/mol. The largest absolute Gasteiger partial charge is 0.309 e. The summed E-state index contributed by atoms with van der Waals surface area (Å²) in [6.45, 7) is 2.05. The number of benzene rings is 2. The molecule has 0 spiro atoms.